The van der Waals surface area contributed by atoms with Gasteiger partial charge in [0.2, 0.25) is 17.6 Å². The van der Waals surface area contributed by atoms with Gasteiger partial charge >= 0.3 is 0 Å². The summed E-state index contributed by atoms with van der Waals surface area (Å²) < 4.78 is 11.3. The summed E-state index contributed by atoms with van der Waals surface area (Å²) in [6.45, 7) is 5.57. The van der Waals surface area contributed by atoms with Crippen LogP contribution < -0.4 is 5.32 Å². The molecule has 142 valence electrons. The first kappa shape index (κ1) is 19.4. The summed E-state index contributed by atoms with van der Waals surface area (Å²) in [5.74, 6) is 1.29. The van der Waals surface area contributed by atoms with Crippen molar-refractivity contribution >= 4 is 33.2 Å². The number of amides is 1. The molecule has 10 heteroatoms. The Balaban J connectivity index is 1.41. The van der Waals surface area contributed by atoms with E-state index in [-0.39, 0.29) is 5.91 Å². The zero-order valence-electron chi connectivity index (χ0n) is 14.6. The van der Waals surface area contributed by atoms with Gasteiger partial charge in [-0.15, -0.1) is 11.3 Å². The Kier molecular flexibility index (Phi) is 7.15. The Bertz CT molecular complexity index is 714. The topological polar surface area (TPSA) is 83.7 Å². The summed E-state index contributed by atoms with van der Waals surface area (Å²) in [6.07, 6.45) is 0. The van der Waals surface area contributed by atoms with Crippen LogP contribution in [0.25, 0.3) is 10.7 Å². The van der Waals surface area contributed by atoms with E-state index in [1.807, 2.05) is 11.4 Å². The first-order chi connectivity index (χ1) is 12.6. The molecule has 26 heavy (non-hydrogen) atoms. The summed E-state index contributed by atoms with van der Waals surface area (Å²) in [7, 11) is 1.62. The summed E-state index contributed by atoms with van der Waals surface area (Å²) in [4.78, 5) is 21.7. The molecule has 1 aliphatic rings. The Labute approximate surface area is 164 Å². The molecule has 1 aliphatic heterocycles. The molecule has 3 rings (SSSR count). The predicted molar refractivity (Wildman–Crippen MR) is 102 cm³/mol. The number of hydrogen-bond acceptors (Lipinski definition) is 8. The molecule has 3 heterocycles. The Hall–Kier alpha value is -1.33. The highest BCUT2D eigenvalue weighted by molar-refractivity contribution is 9.10. The minimum absolute atomic E-state index is 0.0409. The second-order valence-corrected chi connectivity index (χ2v) is 7.86. The number of halogens is 1. The zero-order chi connectivity index (χ0) is 18.4. The van der Waals surface area contributed by atoms with Gasteiger partial charge in [-0.1, -0.05) is 5.16 Å². The minimum atomic E-state index is 0.0409. The first-order valence-electron chi connectivity index (χ1n) is 8.41. The number of nitrogens with one attached hydrogen (secondary N) is 1. The van der Waals surface area contributed by atoms with E-state index in [9.17, 15) is 4.79 Å². The van der Waals surface area contributed by atoms with E-state index in [4.69, 9.17) is 9.26 Å². The maximum absolute atomic E-state index is 11.8. The summed E-state index contributed by atoms with van der Waals surface area (Å²) in [6, 6.07) is 1.98. The fourth-order valence-electron chi connectivity index (χ4n) is 2.70. The Morgan fingerprint density at radius 1 is 1.38 bits per heavy atom. The normalized spacial score (nSPS) is 16.1. The molecule has 0 radical (unpaired) electrons. The van der Waals surface area contributed by atoms with Gasteiger partial charge in [0.1, 0.15) is 0 Å². The molecule has 1 fully saturated rings. The molecule has 1 N–H and O–H groups in total. The number of methoxy groups -OCH3 is 1. The van der Waals surface area contributed by atoms with E-state index in [1.54, 1.807) is 18.4 Å². The van der Waals surface area contributed by atoms with Crippen molar-refractivity contribution in [2.75, 3.05) is 53.0 Å². The van der Waals surface area contributed by atoms with Crippen molar-refractivity contribution in [2.45, 2.75) is 6.54 Å². The summed E-state index contributed by atoms with van der Waals surface area (Å²) in [5, 5.41) is 8.90. The van der Waals surface area contributed by atoms with Crippen molar-refractivity contribution in [3.8, 4) is 10.7 Å². The largest absolute Gasteiger partial charge is 0.383 e. The van der Waals surface area contributed by atoms with E-state index in [0.717, 1.165) is 35.5 Å². The van der Waals surface area contributed by atoms with Crippen molar-refractivity contribution in [1.82, 2.24) is 25.3 Å². The van der Waals surface area contributed by atoms with Gasteiger partial charge in [-0.25, -0.2) is 0 Å². The summed E-state index contributed by atoms with van der Waals surface area (Å²) >= 11 is 5.01. The summed E-state index contributed by atoms with van der Waals surface area (Å²) in [5.41, 5.74) is 0. The van der Waals surface area contributed by atoms with Gasteiger partial charge in [-0.2, -0.15) is 4.98 Å². The van der Waals surface area contributed by atoms with Crippen molar-refractivity contribution in [3.63, 3.8) is 0 Å². The smallest absolute Gasteiger partial charge is 0.241 e. The van der Waals surface area contributed by atoms with Crippen LogP contribution in [0.4, 0.5) is 0 Å². The number of rotatable bonds is 8. The monoisotopic (exact) mass is 443 g/mol. The van der Waals surface area contributed by atoms with Gasteiger partial charge in [0, 0.05) is 49.7 Å². The molecule has 0 bridgehead atoms. The van der Waals surface area contributed by atoms with Crippen LogP contribution in [0.1, 0.15) is 5.89 Å². The molecule has 0 unspecified atom stereocenters. The number of piperazine rings is 1. The van der Waals surface area contributed by atoms with Gasteiger partial charge in [-0.05, 0) is 22.0 Å². The average molecular weight is 444 g/mol. The lowest BCUT2D eigenvalue weighted by molar-refractivity contribution is -0.122. The molecule has 2 aromatic heterocycles. The van der Waals surface area contributed by atoms with E-state index < -0.39 is 0 Å². The molecule has 0 atom stereocenters. The second kappa shape index (κ2) is 9.56. The van der Waals surface area contributed by atoms with E-state index >= 15 is 0 Å². The molecular weight excluding hydrogens is 422 g/mol. The van der Waals surface area contributed by atoms with Gasteiger partial charge in [0.25, 0.3) is 0 Å². The highest BCUT2D eigenvalue weighted by atomic mass is 79.9. The van der Waals surface area contributed by atoms with Crippen molar-refractivity contribution in [3.05, 3.63) is 21.8 Å². The Morgan fingerprint density at radius 3 is 2.85 bits per heavy atom. The third-order valence-electron chi connectivity index (χ3n) is 4.08. The van der Waals surface area contributed by atoms with Crippen LogP contribution in [0.2, 0.25) is 0 Å². The molecular formula is C16H22BrN5O3S. The van der Waals surface area contributed by atoms with Crippen molar-refractivity contribution in [2.24, 2.45) is 0 Å². The maximum atomic E-state index is 11.8. The minimum Gasteiger partial charge on any atom is -0.383 e. The lowest BCUT2D eigenvalue weighted by atomic mass is 10.3. The SMILES string of the molecule is COCCNC(=O)CN1CCN(Cc2nc(-c3cc(Br)cs3)no2)CC1. The highest BCUT2D eigenvalue weighted by Crippen LogP contribution is 2.27. The molecule has 0 aromatic carbocycles. The Morgan fingerprint density at radius 2 is 2.15 bits per heavy atom. The van der Waals surface area contributed by atoms with Crippen LogP contribution in [0.3, 0.4) is 0 Å². The first-order valence-corrected chi connectivity index (χ1v) is 10.1. The zero-order valence-corrected chi connectivity index (χ0v) is 17.0. The highest BCUT2D eigenvalue weighted by Gasteiger charge is 2.21. The lowest BCUT2D eigenvalue weighted by Gasteiger charge is -2.33. The number of hydrogen-bond donors (Lipinski definition) is 1. The molecule has 2 aromatic rings. The van der Waals surface area contributed by atoms with Gasteiger partial charge in [0.15, 0.2) is 0 Å². The number of carbonyl (C=O) groups excluding carboxylic acids is 1. The second-order valence-electron chi connectivity index (χ2n) is 6.04. The molecule has 1 saturated heterocycles. The fraction of sp³-hybridized carbons (Fsp3) is 0.562. The fourth-order valence-corrected chi connectivity index (χ4v) is 4.05. The van der Waals surface area contributed by atoms with Crippen LogP contribution in [-0.4, -0.2) is 78.8 Å². The number of carbonyl (C=O) groups is 1. The molecule has 1 amide bonds. The molecule has 0 spiro atoms. The predicted octanol–water partition coefficient (Wildman–Crippen LogP) is 1.44. The van der Waals surface area contributed by atoms with E-state index in [1.165, 1.54) is 0 Å². The average Bonchev–Trinajstić information content (AvgIpc) is 3.26. The maximum Gasteiger partial charge on any atom is 0.241 e. The standard InChI is InChI=1S/C16H22BrN5O3S/c1-24-7-2-18-14(23)9-21-3-5-22(6-4-21)10-15-19-16(20-25-15)13-8-12(17)11-26-13/h8,11H,2-7,9-10H2,1H3,(H,18,23). The van der Waals surface area contributed by atoms with Crippen LogP contribution in [0.5, 0.6) is 0 Å². The van der Waals surface area contributed by atoms with Gasteiger partial charge in [0.05, 0.1) is 24.6 Å². The van der Waals surface area contributed by atoms with Crippen LogP contribution in [-0.2, 0) is 16.1 Å². The lowest BCUT2D eigenvalue weighted by Crippen LogP contribution is -2.49. The quantitative estimate of drug-likeness (QED) is 0.617. The number of nitrogens with zero attached hydrogens (tertiary/aromatic N) is 4. The van der Waals surface area contributed by atoms with Crippen molar-refractivity contribution in [1.29, 1.82) is 0 Å². The van der Waals surface area contributed by atoms with Crippen molar-refractivity contribution < 1.29 is 14.1 Å². The number of ether oxygens (including phenoxy) is 1. The van der Waals surface area contributed by atoms with Gasteiger partial charge < -0.3 is 14.6 Å². The van der Waals surface area contributed by atoms with Crippen LogP contribution in [0, 0.1) is 0 Å². The third-order valence-corrected chi connectivity index (χ3v) is 5.76. The van der Waals surface area contributed by atoms with E-state index in [2.05, 4.69) is 41.2 Å². The van der Waals surface area contributed by atoms with E-state index in [0.29, 0.717) is 38.0 Å². The number of thiophene rings is 1. The van der Waals surface area contributed by atoms with Crippen LogP contribution in [0.15, 0.2) is 20.4 Å². The molecule has 0 saturated carbocycles. The van der Waals surface area contributed by atoms with Crippen LogP contribution >= 0.6 is 27.3 Å². The number of aromatic nitrogens is 2. The molecule has 8 nitrogen and oxygen atoms in total. The molecule has 0 aliphatic carbocycles. The third kappa shape index (κ3) is 5.58. The van der Waals surface area contributed by atoms with Gasteiger partial charge in [-0.3, -0.25) is 14.6 Å².